The number of hydrogen-bond donors (Lipinski definition) is 2. The van der Waals surface area contributed by atoms with E-state index in [2.05, 4.69) is 36.5 Å². The number of ether oxygens (including phenoxy) is 1. The largest absolute Gasteiger partial charge is 0.495 e. The molecule has 0 aliphatic rings. The summed E-state index contributed by atoms with van der Waals surface area (Å²) in [5.74, 6) is 0.571. The summed E-state index contributed by atoms with van der Waals surface area (Å²) < 4.78 is 7.35. The molecule has 2 N–H and O–H groups in total. The average Bonchev–Trinajstić information content (AvgIpc) is 2.98. The average molecular weight is 316 g/mol. The maximum Gasteiger partial charge on any atom is 0.221 e. The van der Waals surface area contributed by atoms with Gasteiger partial charge in [-0.2, -0.15) is 5.10 Å². The van der Waals surface area contributed by atoms with Crippen molar-refractivity contribution in [3.63, 3.8) is 0 Å². The van der Waals surface area contributed by atoms with Gasteiger partial charge in [0, 0.05) is 36.5 Å². The van der Waals surface area contributed by atoms with E-state index in [1.54, 1.807) is 13.2 Å². The highest BCUT2D eigenvalue weighted by Gasteiger charge is 2.12. The van der Waals surface area contributed by atoms with E-state index in [4.69, 9.17) is 4.74 Å². The van der Waals surface area contributed by atoms with E-state index in [9.17, 15) is 4.79 Å². The van der Waals surface area contributed by atoms with Crippen molar-refractivity contribution in [3.8, 4) is 5.75 Å². The first-order valence-corrected chi connectivity index (χ1v) is 7.67. The molecule has 0 spiro atoms. The van der Waals surface area contributed by atoms with Gasteiger partial charge >= 0.3 is 0 Å². The van der Waals surface area contributed by atoms with E-state index in [1.165, 1.54) is 6.92 Å². The third-order valence-electron chi connectivity index (χ3n) is 3.54. The minimum Gasteiger partial charge on any atom is -0.495 e. The lowest BCUT2D eigenvalue weighted by atomic mass is 10.1. The van der Waals surface area contributed by atoms with Crippen LogP contribution < -0.4 is 15.4 Å². The molecule has 1 heterocycles. The number of benzene rings is 1. The zero-order chi connectivity index (χ0) is 17.0. The molecular weight excluding hydrogens is 292 g/mol. The second kappa shape index (κ2) is 7.17. The van der Waals surface area contributed by atoms with Gasteiger partial charge < -0.3 is 15.4 Å². The SMILES string of the molecule is COc1cc(NC(C)=O)ccc1N[C@H](C)c1cnn(C(C)C)c1. The lowest BCUT2D eigenvalue weighted by molar-refractivity contribution is -0.114. The second-order valence-corrected chi connectivity index (χ2v) is 5.81. The minimum atomic E-state index is -0.109. The van der Waals surface area contributed by atoms with Gasteiger partial charge in [0.1, 0.15) is 5.75 Å². The quantitative estimate of drug-likeness (QED) is 0.854. The first-order chi connectivity index (χ1) is 10.9. The van der Waals surface area contributed by atoms with Crippen molar-refractivity contribution >= 4 is 17.3 Å². The molecule has 1 amide bonds. The van der Waals surface area contributed by atoms with Crippen molar-refractivity contribution in [2.75, 3.05) is 17.7 Å². The number of anilines is 2. The van der Waals surface area contributed by atoms with Crippen LogP contribution in [0.15, 0.2) is 30.6 Å². The summed E-state index contributed by atoms with van der Waals surface area (Å²) in [5.41, 5.74) is 2.68. The Hall–Kier alpha value is -2.50. The lowest BCUT2D eigenvalue weighted by Crippen LogP contribution is -2.09. The molecule has 0 unspecified atom stereocenters. The Morgan fingerprint density at radius 3 is 2.61 bits per heavy atom. The van der Waals surface area contributed by atoms with Gasteiger partial charge in [-0.25, -0.2) is 0 Å². The van der Waals surface area contributed by atoms with Crippen LogP contribution in [0.3, 0.4) is 0 Å². The molecule has 1 aromatic heterocycles. The Morgan fingerprint density at radius 1 is 1.30 bits per heavy atom. The van der Waals surface area contributed by atoms with E-state index >= 15 is 0 Å². The summed E-state index contributed by atoms with van der Waals surface area (Å²) in [5, 5.41) is 10.5. The maximum atomic E-state index is 11.1. The summed E-state index contributed by atoms with van der Waals surface area (Å²) in [7, 11) is 1.61. The Morgan fingerprint density at radius 2 is 2.04 bits per heavy atom. The number of amides is 1. The fraction of sp³-hybridized carbons (Fsp3) is 0.412. The van der Waals surface area contributed by atoms with E-state index in [-0.39, 0.29) is 11.9 Å². The van der Waals surface area contributed by atoms with Crippen LogP contribution in [0.25, 0.3) is 0 Å². The van der Waals surface area contributed by atoms with Crippen LogP contribution in [0, 0.1) is 0 Å². The van der Waals surface area contributed by atoms with Crippen LogP contribution in [0.4, 0.5) is 11.4 Å². The number of nitrogens with zero attached hydrogens (tertiary/aromatic N) is 2. The molecule has 0 radical (unpaired) electrons. The van der Waals surface area contributed by atoms with E-state index in [0.29, 0.717) is 17.5 Å². The van der Waals surface area contributed by atoms with Gasteiger partial charge in [-0.3, -0.25) is 9.48 Å². The fourth-order valence-corrected chi connectivity index (χ4v) is 2.27. The number of methoxy groups -OCH3 is 1. The minimum absolute atomic E-state index is 0.0861. The monoisotopic (exact) mass is 316 g/mol. The van der Waals surface area contributed by atoms with Crippen molar-refractivity contribution < 1.29 is 9.53 Å². The standard InChI is InChI=1S/C17H24N4O2/c1-11(2)21-10-14(9-18-21)12(3)19-16-7-6-15(20-13(4)22)8-17(16)23-5/h6-12,19H,1-5H3,(H,20,22)/t12-/m1/s1. The smallest absolute Gasteiger partial charge is 0.221 e. The Labute approximate surface area is 136 Å². The molecule has 6 heteroatoms. The summed E-state index contributed by atoms with van der Waals surface area (Å²) in [4.78, 5) is 11.1. The summed E-state index contributed by atoms with van der Waals surface area (Å²) in [6.07, 6.45) is 3.91. The van der Waals surface area contributed by atoms with Crippen molar-refractivity contribution in [1.29, 1.82) is 0 Å². The highest BCUT2D eigenvalue weighted by atomic mass is 16.5. The molecule has 0 bridgehead atoms. The molecule has 2 rings (SSSR count). The van der Waals surface area contributed by atoms with Crippen LogP contribution in [0.2, 0.25) is 0 Å². The van der Waals surface area contributed by atoms with Gasteiger partial charge in [-0.15, -0.1) is 0 Å². The highest BCUT2D eigenvalue weighted by molar-refractivity contribution is 5.89. The van der Waals surface area contributed by atoms with E-state index in [1.807, 2.05) is 29.2 Å². The van der Waals surface area contributed by atoms with Gasteiger partial charge in [0.15, 0.2) is 0 Å². The first kappa shape index (κ1) is 16.9. The van der Waals surface area contributed by atoms with Crippen molar-refractivity contribution in [3.05, 3.63) is 36.2 Å². The molecule has 1 aromatic carbocycles. The maximum absolute atomic E-state index is 11.1. The Kier molecular flexibility index (Phi) is 5.26. The number of carbonyl (C=O) groups excluding carboxylic acids is 1. The molecule has 124 valence electrons. The number of carbonyl (C=O) groups is 1. The van der Waals surface area contributed by atoms with Gasteiger partial charge in [-0.1, -0.05) is 0 Å². The van der Waals surface area contributed by atoms with E-state index < -0.39 is 0 Å². The highest BCUT2D eigenvalue weighted by Crippen LogP contribution is 2.31. The molecule has 0 aliphatic heterocycles. The van der Waals surface area contributed by atoms with Gasteiger partial charge in [0.25, 0.3) is 0 Å². The first-order valence-electron chi connectivity index (χ1n) is 7.67. The van der Waals surface area contributed by atoms with Crippen LogP contribution in [-0.2, 0) is 4.79 Å². The van der Waals surface area contributed by atoms with Gasteiger partial charge in [0.2, 0.25) is 5.91 Å². The predicted octanol–water partition coefficient (Wildman–Crippen LogP) is 3.60. The summed E-state index contributed by atoms with van der Waals surface area (Å²) >= 11 is 0. The van der Waals surface area contributed by atoms with Crippen molar-refractivity contribution in [2.45, 2.75) is 39.8 Å². The Bertz CT molecular complexity index is 679. The van der Waals surface area contributed by atoms with Crippen molar-refractivity contribution in [2.24, 2.45) is 0 Å². The van der Waals surface area contributed by atoms with Gasteiger partial charge in [0.05, 0.1) is 25.0 Å². The molecule has 6 nitrogen and oxygen atoms in total. The van der Waals surface area contributed by atoms with Crippen LogP contribution in [0.1, 0.15) is 45.3 Å². The number of rotatable bonds is 6. The van der Waals surface area contributed by atoms with E-state index in [0.717, 1.165) is 11.3 Å². The molecule has 0 saturated heterocycles. The Balaban J connectivity index is 2.16. The molecule has 2 aromatic rings. The van der Waals surface area contributed by atoms with Crippen LogP contribution in [-0.4, -0.2) is 22.8 Å². The number of aromatic nitrogens is 2. The summed E-state index contributed by atoms with van der Waals surface area (Å²) in [6, 6.07) is 5.96. The second-order valence-electron chi connectivity index (χ2n) is 5.81. The van der Waals surface area contributed by atoms with Crippen LogP contribution in [0.5, 0.6) is 5.75 Å². The fourth-order valence-electron chi connectivity index (χ4n) is 2.27. The third kappa shape index (κ3) is 4.25. The molecule has 1 atom stereocenters. The third-order valence-corrected chi connectivity index (χ3v) is 3.54. The number of nitrogens with one attached hydrogen (secondary N) is 2. The van der Waals surface area contributed by atoms with Gasteiger partial charge in [-0.05, 0) is 32.9 Å². The van der Waals surface area contributed by atoms with Crippen LogP contribution >= 0.6 is 0 Å². The molecule has 23 heavy (non-hydrogen) atoms. The summed E-state index contributed by atoms with van der Waals surface area (Å²) in [6.45, 7) is 7.74. The molecular formula is C17H24N4O2. The number of hydrogen-bond acceptors (Lipinski definition) is 4. The molecule has 0 fully saturated rings. The lowest BCUT2D eigenvalue weighted by Gasteiger charge is -2.17. The zero-order valence-electron chi connectivity index (χ0n) is 14.3. The normalized spacial score (nSPS) is 12.1. The zero-order valence-corrected chi connectivity index (χ0v) is 14.3. The molecule has 0 saturated carbocycles. The van der Waals surface area contributed by atoms with Crippen molar-refractivity contribution in [1.82, 2.24) is 9.78 Å². The topological polar surface area (TPSA) is 68.2 Å². The molecule has 0 aliphatic carbocycles. The predicted molar refractivity (Wildman–Crippen MR) is 91.9 cm³/mol.